The van der Waals surface area contributed by atoms with Crippen molar-refractivity contribution in [2.75, 3.05) is 0 Å². The lowest BCUT2D eigenvalue weighted by molar-refractivity contribution is -0.136. The van der Waals surface area contributed by atoms with Crippen LogP contribution in [-0.4, -0.2) is 16.1 Å². The minimum absolute atomic E-state index is 0.0630. The average Bonchev–Trinajstić information content (AvgIpc) is 2.29. The van der Waals surface area contributed by atoms with Crippen LogP contribution in [0.5, 0.6) is 0 Å². The second-order valence-corrected chi connectivity index (χ2v) is 3.99. The standard InChI is InChI=1S/C13H10ClNO2/c14-12-6-10(7-13(16)17)11(8-15-12)9-4-2-1-3-5-9/h1-6,8H,7H2,(H,16,17). The molecule has 0 saturated heterocycles. The third-order valence-corrected chi connectivity index (χ3v) is 2.59. The molecule has 1 N–H and O–H groups in total. The predicted octanol–water partition coefficient (Wildman–Crippen LogP) is 3.03. The zero-order chi connectivity index (χ0) is 12.3. The van der Waals surface area contributed by atoms with E-state index >= 15 is 0 Å². The number of nitrogens with zero attached hydrogens (tertiary/aromatic N) is 1. The number of benzene rings is 1. The third kappa shape index (κ3) is 2.82. The minimum atomic E-state index is -0.885. The Bertz CT molecular complexity index is 540. The summed E-state index contributed by atoms with van der Waals surface area (Å²) < 4.78 is 0. The molecule has 17 heavy (non-hydrogen) atoms. The van der Waals surface area contributed by atoms with Crippen LogP contribution in [0.15, 0.2) is 42.6 Å². The first-order valence-electron chi connectivity index (χ1n) is 5.08. The SMILES string of the molecule is O=C(O)Cc1cc(Cl)ncc1-c1ccccc1. The molecular formula is C13H10ClNO2. The molecule has 0 unspecified atom stereocenters. The number of hydrogen-bond acceptors (Lipinski definition) is 2. The van der Waals surface area contributed by atoms with Crippen molar-refractivity contribution in [2.45, 2.75) is 6.42 Å². The molecule has 3 nitrogen and oxygen atoms in total. The van der Waals surface area contributed by atoms with Gasteiger partial charge < -0.3 is 5.11 Å². The number of pyridine rings is 1. The highest BCUT2D eigenvalue weighted by Crippen LogP contribution is 2.25. The monoisotopic (exact) mass is 247 g/mol. The second kappa shape index (κ2) is 4.97. The quantitative estimate of drug-likeness (QED) is 0.849. The minimum Gasteiger partial charge on any atom is -0.481 e. The Labute approximate surface area is 104 Å². The smallest absolute Gasteiger partial charge is 0.307 e. The van der Waals surface area contributed by atoms with Gasteiger partial charge in [0.15, 0.2) is 0 Å². The van der Waals surface area contributed by atoms with Crippen molar-refractivity contribution in [3.63, 3.8) is 0 Å². The Balaban J connectivity index is 2.50. The zero-order valence-electron chi connectivity index (χ0n) is 8.93. The van der Waals surface area contributed by atoms with E-state index in [4.69, 9.17) is 16.7 Å². The Hall–Kier alpha value is -1.87. The molecule has 0 bridgehead atoms. The molecule has 4 heteroatoms. The molecule has 2 aromatic rings. The van der Waals surface area contributed by atoms with Gasteiger partial charge in [-0.2, -0.15) is 0 Å². The van der Waals surface area contributed by atoms with Crippen LogP contribution < -0.4 is 0 Å². The van der Waals surface area contributed by atoms with Crippen LogP contribution in [0.3, 0.4) is 0 Å². The number of carboxylic acid groups (broad SMARTS) is 1. The summed E-state index contributed by atoms with van der Waals surface area (Å²) in [5.74, 6) is -0.885. The van der Waals surface area contributed by atoms with E-state index in [2.05, 4.69) is 4.98 Å². The number of rotatable bonds is 3. The summed E-state index contributed by atoms with van der Waals surface area (Å²) in [6, 6.07) is 11.1. The van der Waals surface area contributed by atoms with Crippen LogP contribution in [-0.2, 0) is 11.2 Å². The van der Waals surface area contributed by atoms with Gasteiger partial charge in [-0.1, -0.05) is 41.9 Å². The zero-order valence-corrected chi connectivity index (χ0v) is 9.69. The van der Waals surface area contributed by atoms with Gasteiger partial charge in [-0.3, -0.25) is 4.79 Å². The molecule has 0 radical (unpaired) electrons. The first-order valence-corrected chi connectivity index (χ1v) is 5.46. The van der Waals surface area contributed by atoms with Crippen LogP contribution >= 0.6 is 11.6 Å². The van der Waals surface area contributed by atoms with Gasteiger partial charge in [-0.15, -0.1) is 0 Å². The van der Waals surface area contributed by atoms with Gasteiger partial charge in [-0.25, -0.2) is 4.98 Å². The van der Waals surface area contributed by atoms with E-state index in [1.54, 1.807) is 12.3 Å². The van der Waals surface area contributed by atoms with Gasteiger partial charge >= 0.3 is 5.97 Å². The first kappa shape index (κ1) is 11.6. The van der Waals surface area contributed by atoms with Crippen molar-refractivity contribution < 1.29 is 9.90 Å². The van der Waals surface area contributed by atoms with E-state index in [-0.39, 0.29) is 6.42 Å². The van der Waals surface area contributed by atoms with Crippen molar-refractivity contribution in [1.29, 1.82) is 0 Å². The molecule has 0 atom stereocenters. The van der Waals surface area contributed by atoms with Crippen LogP contribution in [0.4, 0.5) is 0 Å². The third-order valence-electron chi connectivity index (χ3n) is 2.38. The number of aliphatic carboxylic acids is 1. The fourth-order valence-corrected chi connectivity index (χ4v) is 1.84. The molecule has 1 aromatic carbocycles. The van der Waals surface area contributed by atoms with E-state index in [1.165, 1.54) is 0 Å². The predicted molar refractivity (Wildman–Crippen MR) is 66.0 cm³/mol. The fraction of sp³-hybridized carbons (Fsp3) is 0.0769. The largest absolute Gasteiger partial charge is 0.481 e. The topological polar surface area (TPSA) is 50.2 Å². The number of halogens is 1. The lowest BCUT2D eigenvalue weighted by Gasteiger charge is -2.07. The highest BCUT2D eigenvalue weighted by atomic mass is 35.5. The summed E-state index contributed by atoms with van der Waals surface area (Å²) in [4.78, 5) is 14.8. The highest BCUT2D eigenvalue weighted by molar-refractivity contribution is 6.29. The maximum atomic E-state index is 10.8. The van der Waals surface area contributed by atoms with Crippen molar-refractivity contribution >= 4 is 17.6 Å². The molecule has 86 valence electrons. The Morgan fingerprint density at radius 3 is 2.65 bits per heavy atom. The van der Waals surface area contributed by atoms with Crippen LogP contribution in [0.25, 0.3) is 11.1 Å². The number of carbonyl (C=O) groups is 1. The molecule has 2 rings (SSSR count). The molecule has 1 heterocycles. The summed E-state index contributed by atoms with van der Waals surface area (Å²) >= 11 is 5.78. The van der Waals surface area contributed by atoms with Crippen molar-refractivity contribution in [3.05, 3.63) is 53.3 Å². The van der Waals surface area contributed by atoms with Gasteiger partial charge in [-0.05, 0) is 17.2 Å². The Morgan fingerprint density at radius 2 is 2.00 bits per heavy atom. The summed E-state index contributed by atoms with van der Waals surface area (Å²) in [7, 11) is 0. The molecule has 0 aliphatic rings. The van der Waals surface area contributed by atoms with Crippen molar-refractivity contribution in [3.8, 4) is 11.1 Å². The highest BCUT2D eigenvalue weighted by Gasteiger charge is 2.09. The summed E-state index contributed by atoms with van der Waals surface area (Å²) in [6.07, 6.45) is 1.54. The Morgan fingerprint density at radius 1 is 1.29 bits per heavy atom. The van der Waals surface area contributed by atoms with Crippen LogP contribution in [0.1, 0.15) is 5.56 Å². The second-order valence-electron chi connectivity index (χ2n) is 3.60. The summed E-state index contributed by atoms with van der Waals surface area (Å²) in [5.41, 5.74) is 2.41. The molecule has 0 spiro atoms. The van der Waals surface area contributed by atoms with Crippen molar-refractivity contribution in [1.82, 2.24) is 4.98 Å². The van der Waals surface area contributed by atoms with Gasteiger partial charge in [0, 0.05) is 11.8 Å². The number of hydrogen-bond donors (Lipinski definition) is 1. The van der Waals surface area contributed by atoms with Gasteiger partial charge in [0.25, 0.3) is 0 Å². The summed E-state index contributed by atoms with van der Waals surface area (Å²) in [5, 5.41) is 9.17. The average molecular weight is 248 g/mol. The van der Waals surface area contributed by atoms with Gasteiger partial charge in [0.1, 0.15) is 5.15 Å². The number of carboxylic acids is 1. The molecule has 0 aliphatic carbocycles. The normalized spacial score (nSPS) is 10.2. The number of aromatic nitrogens is 1. The molecule has 0 fully saturated rings. The molecule has 0 aliphatic heterocycles. The lowest BCUT2D eigenvalue weighted by atomic mass is 10.0. The van der Waals surface area contributed by atoms with E-state index in [1.807, 2.05) is 30.3 Å². The van der Waals surface area contributed by atoms with E-state index in [0.29, 0.717) is 10.7 Å². The lowest BCUT2D eigenvalue weighted by Crippen LogP contribution is -2.02. The molecule has 0 amide bonds. The molecule has 0 saturated carbocycles. The molecular weight excluding hydrogens is 238 g/mol. The van der Waals surface area contributed by atoms with E-state index < -0.39 is 5.97 Å². The van der Waals surface area contributed by atoms with E-state index in [9.17, 15) is 4.79 Å². The van der Waals surface area contributed by atoms with Gasteiger partial charge in [0.2, 0.25) is 0 Å². The van der Waals surface area contributed by atoms with Gasteiger partial charge in [0.05, 0.1) is 6.42 Å². The van der Waals surface area contributed by atoms with E-state index in [0.717, 1.165) is 11.1 Å². The maximum Gasteiger partial charge on any atom is 0.307 e. The van der Waals surface area contributed by atoms with Crippen LogP contribution in [0, 0.1) is 0 Å². The van der Waals surface area contributed by atoms with Crippen molar-refractivity contribution in [2.24, 2.45) is 0 Å². The fourth-order valence-electron chi connectivity index (χ4n) is 1.65. The Kier molecular flexibility index (Phi) is 3.40. The molecule has 1 aromatic heterocycles. The van der Waals surface area contributed by atoms with Crippen LogP contribution in [0.2, 0.25) is 5.15 Å². The summed E-state index contributed by atoms with van der Waals surface area (Å²) in [6.45, 7) is 0. The maximum absolute atomic E-state index is 10.8. The first-order chi connectivity index (χ1) is 8.16.